The van der Waals surface area contributed by atoms with Gasteiger partial charge in [0.2, 0.25) is 0 Å². The Labute approximate surface area is 200 Å². The van der Waals surface area contributed by atoms with Crippen LogP contribution >= 0.6 is 0 Å². The first-order chi connectivity index (χ1) is 16.0. The molecule has 0 radical (unpaired) electrons. The molecule has 1 unspecified atom stereocenters. The molecule has 0 spiro atoms. The SMILES string of the molecule is Cc1c(C)c2c(c(C)c1O)CCC(C)(CCN1CCN(Cc3ccc(C(F)(F)F)cc3)CC1)O2. The number of benzene rings is 2. The van der Waals surface area contributed by atoms with Crippen LogP contribution in [0.3, 0.4) is 0 Å². The van der Waals surface area contributed by atoms with Gasteiger partial charge >= 0.3 is 6.18 Å². The maximum Gasteiger partial charge on any atom is 0.416 e. The molecule has 2 aromatic rings. The van der Waals surface area contributed by atoms with Crippen LogP contribution in [0.4, 0.5) is 13.2 Å². The summed E-state index contributed by atoms with van der Waals surface area (Å²) in [6.45, 7) is 13.4. The molecule has 2 aromatic carbocycles. The van der Waals surface area contributed by atoms with Crippen molar-refractivity contribution in [2.45, 2.75) is 65.3 Å². The van der Waals surface area contributed by atoms with Crippen LogP contribution in [0.15, 0.2) is 24.3 Å². The van der Waals surface area contributed by atoms with Crippen molar-refractivity contribution in [2.24, 2.45) is 0 Å². The van der Waals surface area contributed by atoms with Gasteiger partial charge in [0.1, 0.15) is 17.1 Å². The molecule has 4 nitrogen and oxygen atoms in total. The number of ether oxygens (including phenoxy) is 1. The number of hydrogen-bond acceptors (Lipinski definition) is 4. The van der Waals surface area contributed by atoms with Crippen LogP contribution in [-0.2, 0) is 19.1 Å². The summed E-state index contributed by atoms with van der Waals surface area (Å²) in [5.74, 6) is 1.33. The largest absolute Gasteiger partial charge is 0.507 e. The Morgan fingerprint density at radius 2 is 1.56 bits per heavy atom. The van der Waals surface area contributed by atoms with E-state index < -0.39 is 11.7 Å². The third-order valence-electron chi connectivity index (χ3n) is 7.70. The molecule has 0 aliphatic carbocycles. The number of hydrogen-bond donors (Lipinski definition) is 1. The molecular weight excluding hydrogens is 441 g/mol. The van der Waals surface area contributed by atoms with Crippen molar-refractivity contribution < 1.29 is 23.0 Å². The summed E-state index contributed by atoms with van der Waals surface area (Å²) in [4.78, 5) is 4.75. The van der Waals surface area contributed by atoms with E-state index in [-0.39, 0.29) is 5.60 Å². The van der Waals surface area contributed by atoms with Crippen molar-refractivity contribution in [2.75, 3.05) is 32.7 Å². The summed E-state index contributed by atoms with van der Waals surface area (Å²) < 4.78 is 44.9. The topological polar surface area (TPSA) is 35.9 Å². The van der Waals surface area contributed by atoms with Gasteiger partial charge in [-0.15, -0.1) is 0 Å². The van der Waals surface area contributed by atoms with Crippen LogP contribution in [0, 0.1) is 20.8 Å². The predicted octanol–water partition coefficient (Wildman–Crippen LogP) is 5.63. The van der Waals surface area contributed by atoms with Crippen molar-refractivity contribution in [1.82, 2.24) is 9.80 Å². The maximum absolute atomic E-state index is 12.8. The van der Waals surface area contributed by atoms with Crippen molar-refractivity contribution >= 4 is 0 Å². The number of rotatable bonds is 5. The van der Waals surface area contributed by atoms with Crippen molar-refractivity contribution in [3.8, 4) is 11.5 Å². The second-order valence-corrected chi connectivity index (χ2v) is 10.1. The van der Waals surface area contributed by atoms with Crippen LogP contribution < -0.4 is 4.74 Å². The number of alkyl halides is 3. The number of aromatic hydroxyl groups is 1. The van der Waals surface area contributed by atoms with E-state index in [2.05, 4.69) is 16.7 Å². The Morgan fingerprint density at radius 1 is 0.941 bits per heavy atom. The van der Waals surface area contributed by atoms with Gasteiger partial charge in [0, 0.05) is 44.8 Å². The molecule has 0 aromatic heterocycles. The molecule has 1 saturated heterocycles. The Hall–Kier alpha value is -2.25. The average Bonchev–Trinajstić information content (AvgIpc) is 2.81. The molecule has 1 atom stereocenters. The number of phenols is 1. The van der Waals surface area contributed by atoms with Gasteiger partial charge in [-0.2, -0.15) is 13.2 Å². The highest BCUT2D eigenvalue weighted by Crippen LogP contribution is 2.44. The van der Waals surface area contributed by atoms with E-state index in [0.717, 1.165) is 85.6 Å². The number of nitrogens with zero attached hydrogens (tertiary/aromatic N) is 2. The molecule has 0 bridgehead atoms. The van der Waals surface area contributed by atoms with E-state index in [1.165, 1.54) is 12.1 Å². The average molecular weight is 477 g/mol. The lowest BCUT2D eigenvalue weighted by atomic mass is 9.85. The van der Waals surface area contributed by atoms with Gasteiger partial charge in [-0.1, -0.05) is 12.1 Å². The van der Waals surface area contributed by atoms with E-state index >= 15 is 0 Å². The summed E-state index contributed by atoms with van der Waals surface area (Å²) in [5.41, 5.74) is 4.07. The normalized spacial score (nSPS) is 21.9. The zero-order chi connectivity index (χ0) is 24.7. The van der Waals surface area contributed by atoms with Gasteiger partial charge in [-0.05, 0) is 81.3 Å². The van der Waals surface area contributed by atoms with Crippen LogP contribution in [0.25, 0.3) is 0 Å². The highest BCUT2D eigenvalue weighted by atomic mass is 19.4. The minimum Gasteiger partial charge on any atom is -0.507 e. The zero-order valence-corrected chi connectivity index (χ0v) is 20.6. The van der Waals surface area contributed by atoms with Crippen LogP contribution in [-0.4, -0.2) is 53.2 Å². The molecule has 186 valence electrons. The lowest BCUT2D eigenvalue weighted by Crippen LogP contribution is -2.48. The molecule has 4 rings (SSSR count). The zero-order valence-electron chi connectivity index (χ0n) is 20.6. The lowest BCUT2D eigenvalue weighted by molar-refractivity contribution is -0.137. The fourth-order valence-corrected chi connectivity index (χ4v) is 5.09. The van der Waals surface area contributed by atoms with Gasteiger partial charge in [-0.3, -0.25) is 4.90 Å². The standard InChI is InChI=1S/C27H35F3N2O2/c1-18-19(2)25-23(20(3)24(18)33)9-10-26(4,34-25)11-12-31-13-15-32(16-14-31)17-21-5-7-22(8-6-21)27(28,29)30/h5-8,33H,9-17H2,1-4H3. The van der Waals surface area contributed by atoms with Crippen molar-refractivity contribution in [3.63, 3.8) is 0 Å². The molecule has 2 heterocycles. The summed E-state index contributed by atoms with van der Waals surface area (Å²) >= 11 is 0. The lowest BCUT2D eigenvalue weighted by Gasteiger charge is -2.40. The maximum atomic E-state index is 12.8. The second kappa shape index (κ2) is 9.42. The third kappa shape index (κ3) is 5.20. The fourth-order valence-electron chi connectivity index (χ4n) is 5.09. The Kier molecular flexibility index (Phi) is 6.89. The molecule has 34 heavy (non-hydrogen) atoms. The van der Waals surface area contributed by atoms with Crippen molar-refractivity contribution in [1.29, 1.82) is 0 Å². The Morgan fingerprint density at radius 3 is 2.18 bits per heavy atom. The van der Waals surface area contributed by atoms with Crippen molar-refractivity contribution in [3.05, 3.63) is 57.6 Å². The third-order valence-corrected chi connectivity index (χ3v) is 7.70. The minimum absolute atomic E-state index is 0.231. The molecular formula is C27H35F3N2O2. The highest BCUT2D eigenvalue weighted by molar-refractivity contribution is 5.58. The quantitative estimate of drug-likeness (QED) is 0.607. The monoisotopic (exact) mass is 476 g/mol. The molecule has 7 heteroatoms. The van der Waals surface area contributed by atoms with Crippen LogP contribution in [0.1, 0.15) is 53.1 Å². The van der Waals surface area contributed by atoms with E-state index in [9.17, 15) is 18.3 Å². The van der Waals surface area contributed by atoms with Gasteiger partial charge in [0.25, 0.3) is 0 Å². The Balaban J connectivity index is 1.28. The predicted molar refractivity (Wildman–Crippen MR) is 127 cm³/mol. The Bertz CT molecular complexity index is 1030. The van der Waals surface area contributed by atoms with Crippen LogP contribution in [0.5, 0.6) is 11.5 Å². The molecule has 0 amide bonds. The summed E-state index contributed by atoms with van der Waals surface area (Å²) in [6.07, 6.45) is -1.52. The van der Waals surface area contributed by atoms with Gasteiger partial charge < -0.3 is 14.7 Å². The first-order valence-corrected chi connectivity index (χ1v) is 12.1. The van der Waals surface area contributed by atoms with Gasteiger partial charge in [0.15, 0.2) is 0 Å². The second-order valence-electron chi connectivity index (χ2n) is 10.1. The summed E-state index contributed by atoms with van der Waals surface area (Å²) in [7, 11) is 0. The molecule has 2 aliphatic rings. The van der Waals surface area contributed by atoms with E-state index in [1.807, 2.05) is 20.8 Å². The number of halogens is 3. The highest BCUT2D eigenvalue weighted by Gasteiger charge is 2.35. The van der Waals surface area contributed by atoms with Crippen LogP contribution in [0.2, 0.25) is 0 Å². The smallest absolute Gasteiger partial charge is 0.416 e. The van der Waals surface area contributed by atoms with E-state index in [4.69, 9.17) is 4.74 Å². The number of fused-ring (bicyclic) bond motifs is 1. The van der Waals surface area contributed by atoms with E-state index in [1.54, 1.807) is 12.1 Å². The summed E-state index contributed by atoms with van der Waals surface area (Å²) in [5, 5.41) is 10.4. The van der Waals surface area contributed by atoms with Gasteiger partial charge in [-0.25, -0.2) is 0 Å². The minimum atomic E-state index is -4.29. The molecule has 1 fully saturated rings. The van der Waals surface area contributed by atoms with E-state index in [0.29, 0.717) is 12.3 Å². The first-order valence-electron chi connectivity index (χ1n) is 12.1. The molecule has 1 N–H and O–H groups in total. The fraction of sp³-hybridized carbons (Fsp3) is 0.556. The first kappa shape index (κ1) is 24.9. The van der Waals surface area contributed by atoms with Gasteiger partial charge in [0.05, 0.1) is 5.56 Å². The number of piperazine rings is 1. The molecule has 2 aliphatic heterocycles. The molecule has 0 saturated carbocycles. The number of phenolic OH excluding ortho intramolecular Hbond substituents is 1. The summed E-state index contributed by atoms with van der Waals surface area (Å²) in [6, 6.07) is 5.50.